The van der Waals surface area contributed by atoms with Crippen LogP contribution >= 0.6 is 11.6 Å². The minimum Gasteiger partial charge on any atom is -0.342 e. The first-order valence-electron chi connectivity index (χ1n) is 16.7. The van der Waals surface area contributed by atoms with Gasteiger partial charge in [-0.15, -0.1) is 0 Å². The number of hydrogen-bond donors (Lipinski definition) is 1. The van der Waals surface area contributed by atoms with Gasteiger partial charge in [0.05, 0.1) is 28.9 Å². The number of pyridine rings is 1. The van der Waals surface area contributed by atoms with Crippen LogP contribution in [0.15, 0.2) is 36.5 Å². The van der Waals surface area contributed by atoms with E-state index in [1.165, 1.54) is 19.3 Å². The molecule has 0 radical (unpaired) electrons. The fourth-order valence-electron chi connectivity index (χ4n) is 9.49. The summed E-state index contributed by atoms with van der Waals surface area (Å²) in [7, 11) is 0. The highest BCUT2D eigenvalue weighted by atomic mass is 35.5. The van der Waals surface area contributed by atoms with Crippen LogP contribution in [0.4, 0.5) is 17.2 Å². The maximum Gasteiger partial charge on any atom is 0.257 e. The van der Waals surface area contributed by atoms with E-state index in [-0.39, 0.29) is 23.8 Å². The predicted octanol–water partition coefficient (Wildman–Crippen LogP) is 6.52. The molecule has 1 aromatic heterocycles. The number of halogens is 1. The molecule has 5 fully saturated rings. The van der Waals surface area contributed by atoms with E-state index in [0.29, 0.717) is 39.6 Å². The number of hydrogen-bond acceptors (Lipinski definition) is 5. The molecule has 234 valence electrons. The average molecular weight is 618 g/mol. The lowest BCUT2D eigenvalue weighted by atomic mass is 9.49. The average Bonchev–Trinajstić information content (AvgIpc) is 3.12. The van der Waals surface area contributed by atoms with E-state index in [0.717, 1.165) is 88.9 Å². The lowest BCUT2D eigenvalue weighted by molar-refractivity contribution is -0.157. The zero-order valence-electron chi connectivity index (χ0n) is 25.8. The molecule has 3 heterocycles. The fraction of sp³-hybridized carbons (Fsp3) is 0.600. The van der Waals surface area contributed by atoms with Crippen molar-refractivity contribution in [2.24, 2.45) is 29.1 Å². The van der Waals surface area contributed by atoms with Crippen molar-refractivity contribution in [3.63, 3.8) is 0 Å². The van der Waals surface area contributed by atoms with Crippen LogP contribution in [0.3, 0.4) is 0 Å². The lowest BCUT2D eigenvalue weighted by Gasteiger charge is -2.56. The molecule has 8 rings (SSSR count). The Hall–Kier alpha value is -2.97. The highest BCUT2D eigenvalue weighted by molar-refractivity contribution is 6.31. The minimum atomic E-state index is -0.311. The molecule has 4 saturated carbocycles. The molecule has 4 bridgehead atoms. The lowest BCUT2D eigenvalue weighted by Crippen LogP contribution is -2.54. The number of nitrogens with one attached hydrogen (secondary N) is 1. The minimum absolute atomic E-state index is 0.0534. The number of rotatable bonds is 8. The van der Waals surface area contributed by atoms with Gasteiger partial charge in [0.25, 0.3) is 5.91 Å². The largest absolute Gasteiger partial charge is 0.342 e. The molecule has 44 heavy (non-hydrogen) atoms. The van der Waals surface area contributed by atoms with Gasteiger partial charge in [-0.1, -0.05) is 11.6 Å². The number of piperidine rings is 1. The molecule has 2 aliphatic heterocycles. The van der Waals surface area contributed by atoms with Crippen LogP contribution in [-0.2, 0) is 9.59 Å². The first kappa shape index (κ1) is 29.7. The van der Waals surface area contributed by atoms with Gasteiger partial charge in [0.1, 0.15) is 0 Å². The Kier molecular flexibility index (Phi) is 8.17. The van der Waals surface area contributed by atoms with Crippen LogP contribution in [0.5, 0.6) is 0 Å². The third-order valence-electron chi connectivity index (χ3n) is 11.2. The Bertz CT molecular complexity index is 1400. The van der Waals surface area contributed by atoms with Gasteiger partial charge in [-0.25, -0.2) is 4.98 Å². The van der Waals surface area contributed by atoms with Gasteiger partial charge < -0.3 is 10.2 Å². The van der Waals surface area contributed by atoms with Crippen LogP contribution in [0, 0.1) is 29.1 Å². The van der Waals surface area contributed by atoms with Crippen molar-refractivity contribution in [3.05, 3.63) is 47.1 Å². The molecule has 0 atom stereocenters. The van der Waals surface area contributed by atoms with Crippen molar-refractivity contribution in [2.75, 3.05) is 42.9 Å². The van der Waals surface area contributed by atoms with Crippen LogP contribution in [0.2, 0.25) is 5.02 Å². The van der Waals surface area contributed by atoms with Gasteiger partial charge >= 0.3 is 0 Å². The predicted molar refractivity (Wildman–Crippen MR) is 172 cm³/mol. The summed E-state index contributed by atoms with van der Waals surface area (Å²) in [5.74, 6) is 3.43. The Morgan fingerprint density at radius 2 is 1.77 bits per heavy atom. The van der Waals surface area contributed by atoms with Gasteiger partial charge in [0, 0.05) is 24.3 Å². The number of amides is 3. The Morgan fingerprint density at radius 3 is 2.45 bits per heavy atom. The topological polar surface area (TPSA) is 85.8 Å². The molecular weight excluding hydrogens is 574 g/mol. The quantitative estimate of drug-likeness (QED) is 0.364. The van der Waals surface area contributed by atoms with E-state index in [9.17, 15) is 14.4 Å². The molecule has 1 saturated heterocycles. The molecule has 0 unspecified atom stereocenters. The highest BCUT2D eigenvalue weighted by Crippen LogP contribution is 2.60. The molecule has 0 spiro atoms. The van der Waals surface area contributed by atoms with Gasteiger partial charge in [-0.3, -0.25) is 24.2 Å². The molecule has 9 heteroatoms. The van der Waals surface area contributed by atoms with Gasteiger partial charge in [0.2, 0.25) is 11.8 Å². The van der Waals surface area contributed by atoms with Crippen molar-refractivity contribution in [1.29, 1.82) is 0 Å². The smallest absolute Gasteiger partial charge is 0.257 e. The van der Waals surface area contributed by atoms with Gasteiger partial charge in [-0.05, 0) is 138 Å². The summed E-state index contributed by atoms with van der Waals surface area (Å²) >= 11 is 6.22. The van der Waals surface area contributed by atoms with Crippen molar-refractivity contribution in [3.8, 4) is 0 Å². The number of aromatic nitrogens is 1. The second kappa shape index (κ2) is 12.1. The molecule has 2 aromatic rings. The number of carbonyl (C=O) groups excluding carboxylic acids is 3. The number of fused-ring (bicyclic) bond motifs is 2. The van der Waals surface area contributed by atoms with E-state index in [1.54, 1.807) is 41.4 Å². The summed E-state index contributed by atoms with van der Waals surface area (Å²) in [6.45, 7) is 5.79. The third kappa shape index (κ3) is 5.64. The highest BCUT2D eigenvalue weighted by Gasteiger charge is 2.55. The van der Waals surface area contributed by atoms with Gasteiger partial charge in [0.15, 0.2) is 5.82 Å². The van der Waals surface area contributed by atoms with Crippen LogP contribution < -0.4 is 10.2 Å². The summed E-state index contributed by atoms with van der Waals surface area (Å²) in [5, 5.41) is 3.32. The number of benzene rings is 1. The molecule has 1 aromatic carbocycles. The molecule has 1 N–H and O–H groups in total. The van der Waals surface area contributed by atoms with E-state index in [4.69, 9.17) is 11.6 Å². The number of nitrogens with zero attached hydrogens (tertiary/aromatic N) is 4. The molecular formula is C35H44ClN5O3. The normalized spacial score (nSPS) is 27.8. The van der Waals surface area contributed by atoms with E-state index in [2.05, 4.69) is 27.0 Å². The molecule has 3 amide bonds. The van der Waals surface area contributed by atoms with Gasteiger partial charge in [-0.2, -0.15) is 0 Å². The molecule has 8 nitrogen and oxygen atoms in total. The van der Waals surface area contributed by atoms with Crippen LogP contribution in [0.25, 0.3) is 0 Å². The van der Waals surface area contributed by atoms with Crippen molar-refractivity contribution < 1.29 is 14.4 Å². The maximum atomic E-state index is 13.8. The van der Waals surface area contributed by atoms with Crippen LogP contribution in [0.1, 0.15) is 81.5 Å². The number of anilines is 3. The molecule has 6 aliphatic rings. The zero-order chi connectivity index (χ0) is 30.4. The maximum absolute atomic E-state index is 13.8. The van der Waals surface area contributed by atoms with Crippen molar-refractivity contribution >= 4 is 46.5 Å². The Morgan fingerprint density at radius 1 is 1.07 bits per heavy atom. The van der Waals surface area contributed by atoms with E-state index in [1.807, 2.05) is 0 Å². The SMILES string of the molecule is CCN(CCCC1CCN(CC(=O)N2c3ccc(Cl)cc3C(=O)Nc3cccnc32)CC1)C(=O)C12CC3CC(CC(C3)C1)C2. The van der Waals surface area contributed by atoms with E-state index < -0.39 is 0 Å². The van der Waals surface area contributed by atoms with Crippen molar-refractivity contribution in [2.45, 2.75) is 71.1 Å². The number of carbonyl (C=O) groups is 3. The van der Waals surface area contributed by atoms with Crippen LogP contribution in [-0.4, -0.2) is 65.2 Å². The fourth-order valence-corrected chi connectivity index (χ4v) is 9.66. The number of likely N-dealkylation sites (tertiary alicyclic amines) is 1. The molecule has 4 aliphatic carbocycles. The second-order valence-electron chi connectivity index (χ2n) is 14.2. The Balaban J connectivity index is 0.932. The monoisotopic (exact) mass is 617 g/mol. The first-order valence-corrected chi connectivity index (χ1v) is 17.1. The zero-order valence-corrected chi connectivity index (χ0v) is 26.5. The first-order chi connectivity index (χ1) is 21.3. The second-order valence-corrected chi connectivity index (χ2v) is 14.6. The van der Waals surface area contributed by atoms with E-state index >= 15 is 0 Å². The summed E-state index contributed by atoms with van der Waals surface area (Å²) in [4.78, 5) is 51.1. The van der Waals surface area contributed by atoms with Crippen molar-refractivity contribution in [1.82, 2.24) is 14.8 Å². The summed E-state index contributed by atoms with van der Waals surface area (Å²) in [6, 6.07) is 8.52. The standard InChI is InChI=1S/C35H44ClN5O3/c1-2-40(34(44)35-19-24-15-25(20-35)17-26(16-24)21-35)12-4-5-23-9-13-39(14-10-23)22-31(42)41-30-8-7-27(36)18-28(30)33(43)38-29-6-3-11-37-32(29)41/h3,6-8,11,18,23-26H,2,4-5,9-10,12-17,19-22H2,1H3,(H,38,43). The Labute approximate surface area is 265 Å². The summed E-state index contributed by atoms with van der Waals surface area (Å²) in [6.07, 6.45) is 13.4. The summed E-state index contributed by atoms with van der Waals surface area (Å²) < 4.78 is 0. The third-order valence-corrected chi connectivity index (χ3v) is 11.4. The summed E-state index contributed by atoms with van der Waals surface area (Å²) in [5.41, 5.74) is 1.29.